The first-order valence-electron chi connectivity index (χ1n) is 10.5. The Labute approximate surface area is 172 Å². The largest absolute Gasteiger partial charge is 0.369 e. The van der Waals surface area contributed by atoms with Crippen molar-refractivity contribution in [2.24, 2.45) is 0 Å². The van der Waals surface area contributed by atoms with Gasteiger partial charge in [0.15, 0.2) is 0 Å². The van der Waals surface area contributed by atoms with Gasteiger partial charge in [0, 0.05) is 42.5 Å². The minimum absolute atomic E-state index is 0.564. The molecule has 2 unspecified atom stereocenters. The molecular formula is C23H28N6. The summed E-state index contributed by atoms with van der Waals surface area (Å²) in [6.07, 6.45) is 5.64. The van der Waals surface area contributed by atoms with Crippen LogP contribution < -0.4 is 5.32 Å². The number of likely N-dealkylation sites (N-methyl/N-ethyl adjacent to an activating group) is 1. The van der Waals surface area contributed by atoms with Crippen molar-refractivity contribution in [3.05, 3.63) is 48.0 Å². The number of nitrogens with one attached hydrogen (secondary N) is 1. The summed E-state index contributed by atoms with van der Waals surface area (Å²) in [5, 5.41) is 3.45. The highest BCUT2D eigenvalue weighted by atomic mass is 15.2. The maximum Gasteiger partial charge on any atom is 0.126 e. The van der Waals surface area contributed by atoms with E-state index in [1.54, 1.807) is 0 Å². The van der Waals surface area contributed by atoms with E-state index in [1.165, 1.54) is 30.8 Å². The highest BCUT2D eigenvalue weighted by molar-refractivity contribution is 5.79. The van der Waals surface area contributed by atoms with E-state index in [9.17, 15) is 0 Å². The van der Waals surface area contributed by atoms with Gasteiger partial charge in [-0.3, -0.25) is 4.98 Å². The van der Waals surface area contributed by atoms with E-state index in [-0.39, 0.29) is 0 Å². The van der Waals surface area contributed by atoms with Gasteiger partial charge in [-0.1, -0.05) is 6.07 Å². The average Bonchev–Trinajstić information content (AvgIpc) is 3.40. The Bertz CT molecular complexity index is 1040. The predicted octanol–water partition coefficient (Wildman–Crippen LogP) is 4.11. The molecule has 2 atom stereocenters. The molecule has 0 saturated heterocycles. The molecule has 4 heterocycles. The van der Waals surface area contributed by atoms with Crippen LogP contribution in [0, 0.1) is 6.92 Å². The molecule has 1 aliphatic carbocycles. The van der Waals surface area contributed by atoms with Crippen molar-refractivity contribution in [2.75, 3.05) is 32.5 Å². The zero-order chi connectivity index (χ0) is 20.0. The molecule has 0 radical (unpaired) electrons. The maximum atomic E-state index is 5.13. The summed E-state index contributed by atoms with van der Waals surface area (Å²) in [4.78, 5) is 16.6. The fourth-order valence-electron chi connectivity index (χ4n) is 4.75. The molecule has 5 rings (SSSR count). The van der Waals surface area contributed by atoms with Crippen LogP contribution in [0.5, 0.6) is 0 Å². The molecule has 3 aromatic rings. The number of nitrogens with zero attached hydrogens (tertiary/aromatic N) is 5. The number of aryl methyl sites for hydroxylation is 1. The van der Waals surface area contributed by atoms with Gasteiger partial charge in [-0.05, 0) is 64.5 Å². The third kappa shape index (κ3) is 3.31. The second-order valence-electron chi connectivity index (χ2n) is 8.53. The van der Waals surface area contributed by atoms with Gasteiger partial charge in [0.05, 0.1) is 11.4 Å². The summed E-state index contributed by atoms with van der Waals surface area (Å²) in [5.41, 5.74) is 5.34. The van der Waals surface area contributed by atoms with Crippen molar-refractivity contribution in [3.63, 3.8) is 0 Å². The van der Waals surface area contributed by atoms with E-state index in [2.05, 4.69) is 58.1 Å². The maximum absolute atomic E-state index is 5.13. The number of hydrogen-bond acceptors (Lipinski definition) is 5. The molecule has 3 aromatic heterocycles. The number of rotatable bonds is 6. The summed E-state index contributed by atoms with van der Waals surface area (Å²) in [7, 11) is 4.16. The van der Waals surface area contributed by atoms with Gasteiger partial charge < -0.3 is 14.8 Å². The van der Waals surface area contributed by atoms with Gasteiger partial charge in [-0.15, -0.1) is 0 Å². The van der Waals surface area contributed by atoms with Crippen LogP contribution in [0.4, 0.5) is 5.82 Å². The van der Waals surface area contributed by atoms with E-state index < -0.39 is 0 Å². The van der Waals surface area contributed by atoms with Crippen molar-refractivity contribution in [1.29, 1.82) is 0 Å². The van der Waals surface area contributed by atoms with Crippen LogP contribution in [0.25, 0.3) is 22.6 Å². The predicted molar refractivity (Wildman–Crippen MR) is 116 cm³/mol. The van der Waals surface area contributed by atoms with Crippen molar-refractivity contribution >= 4 is 5.82 Å². The van der Waals surface area contributed by atoms with E-state index in [0.717, 1.165) is 41.6 Å². The summed E-state index contributed by atoms with van der Waals surface area (Å²) in [5.74, 6) is 2.75. The fourth-order valence-corrected chi connectivity index (χ4v) is 4.75. The van der Waals surface area contributed by atoms with Gasteiger partial charge in [-0.2, -0.15) is 0 Å². The van der Waals surface area contributed by atoms with Gasteiger partial charge in [0.1, 0.15) is 17.3 Å². The van der Waals surface area contributed by atoms with E-state index in [4.69, 9.17) is 9.97 Å². The summed E-state index contributed by atoms with van der Waals surface area (Å²) in [6, 6.07) is 11.0. The lowest BCUT2D eigenvalue weighted by atomic mass is 10.1. The van der Waals surface area contributed by atoms with Crippen molar-refractivity contribution in [2.45, 2.75) is 38.1 Å². The minimum Gasteiger partial charge on any atom is -0.369 e. The molecule has 1 aliphatic heterocycles. The SMILES string of the molecule is Cc1cccc(-c2nc3n(c2-c2ccnc(NCCN(C)C)c2)C2CCC3C2)n1. The number of aromatic nitrogens is 4. The molecule has 0 aromatic carbocycles. The van der Waals surface area contributed by atoms with E-state index >= 15 is 0 Å². The monoisotopic (exact) mass is 388 g/mol. The highest BCUT2D eigenvalue weighted by Crippen LogP contribution is 2.52. The first-order valence-corrected chi connectivity index (χ1v) is 10.5. The van der Waals surface area contributed by atoms with Gasteiger partial charge in [-0.25, -0.2) is 9.97 Å². The molecular weight excluding hydrogens is 360 g/mol. The van der Waals surface area contributed by atoms with Crippen LogP contribution in [0.3, 0.4) is 0 Å². The van der Waals surface area contributed by atoms with Gasteiger partial charge >= 0.3 is 0 Å². The van der Waals surface area contributed by atoms with Crippen molar-refractivity contribution < 1.29 is 0 Å². The second-order valence-corrected chi connectivity index (χ2v) is 8.53. The molecule has 150 valence electrons. The number of pyridine rings is 2. The fraction of sp³-hybridized carbons (Fsp3) is 0.435. The van der Waals surface area contributed by atoms with Crippen LogP contribution in [0.15, 0.2) is 36.5 Å². The molecule has 29 heavy (non-hydrogen) atoms. The highest BCUT2D eigenvalue weighted by Gasteiger charge is 2.41. The molecule has 2 aliphatic rings. The molecule has 6 nitrogen and oxygen atoms in total. The van der Waals surface area contributed by atoms with Gasteiger partial charge in [0.2, 0.25) is 0 Å². The molecule has 0 spiro atoms. The normalized spacial score (nSPS) is 19.7. The summed E-state index contributed by atoms with van der Waals surface area (Å²) >= 11 is 0. The zero-order valence-electron chi connectivity index (χ0n) is 17.4. The van der Waals surface area contributed by atoms with E-state index in [1.807, 2.05) is 19.2 Å². The Kier molecular flexibility index (Phi) is 4.59. The smallest absolute Gasteiger partial charge is 0.126 e. The minimum atomic E-state index is 0.564. The van der Waals surface area contributed by atoms with Crippen LogP contribution >= 0.6 is 0 Å². The Morgan fingerprint density at radius 2 is 2.07 bits per heavy atom. The number of imidazole rings is 1. The van der Waals surface area contributed by atoms with E-state index in [0.29, 0.717) is 12.0 Å². The molecule has 6 heteroatoms. The standard InChI is InChI=1S/C23H28N6/c1-15-5-4-6-19(26-15)21-22(29-18-8-7-17(13-18)23(29)27-21)16-9-10-24-20(14-16)25-11-12-28(2)3/h4-6,9-10,14,17-18H,7-8,11-13H2,1-3H3,(H,24,25). The molecule has 1 saturated carbocycles. The Morgan fingerprint density at radius 1 is 1.17 bits per heavy atom. The third-order valence-electron chi connectivity index (χ3n) is 6.10. The topological polar surface area (TPSA) is 58.9 Å². The van der Waals surface area contributed by atoms with Crippen molar-refractivity contribution in [1.82, 2.24) is 24.4 Å². The first kappa shape index (κ1) is 18.3. The lowest BCUT2D eigenvalue weighted by molar-refractivity contribution is 0.425. The number of hydrogen-bond donors (Lipinski definition) is 1. The first-order chi connectivity index (χ1) is 14.1. The molecule has 0 amide bonds. The van der Waals surface area contributed by atoms with Crippen LogP contribution in [0.1, 0.15) is 42.7 Å². The summed E-state index contributed by atoms with van der Waals surface area (Å²) < 4.78 is 2.49. The van der Waals surface area contributed by atoms with Crippen molar-refractivity contribution in [3.8, 4) is 22.6 Å². The lowest BCUT2D eigenvalue weighted by Gasteiger charge is -2.18. The quantitative estimate of drug-likeness (QED) is 0.689. The third-order valence-corrected chi connectivity index (χ3v) is 6.10. The summed E-state index contributed by atoms with van der Waals surface area (Å²) in [6.45, 7) is 3.87. The Hall–Kier alpha value is -2.73. The molecule has 1 fully saturated rings. The van der Waals surface area contributed by atoms with Crippen LogP contribution in [-0.4, -0.2) is 51.6 Å². The Morgan fingerprint density at radius 3 is 2.90 bits per heavy atom. The lowest BCUT2D eigenvalue weighted by Crippen LogP contribution is -2.21. The van der Waals surface area contributed by atoms with Crippen LogP contribution in [0.2, 0.25) is 0 Å². The van der Waals surface area contributed by atoms with Crippen LogP contribution in [-0.2, 0) is 0 Å². The van der Waals surface area contributed by atoms with Gasteiger partial charge in [0.25, 0.3) is 0 Å². The number of anilines is 1. The second kappa shape index (κ2) is 7.26. The molecule has 1 N–H and O–H groups in total. The average molecular weight is 389 g/mol. The zero-order valence-corrected chi connectivity index (χ0v) is 17.4. The Balaban J connectivity index is 1.59. The molecule has 2 bridgehead atoms. The number of fused-ring (bicyclic) bond motifs is 5.